The van der Waals surface area contributed by atoms with E-state index >= 15 is 0 Å². The minimum absolute atomic E-state index is 0.272. The number of hydrogen-bond donors (Lipinski definition) is 1. The van der Waals surface area contributed by atoms with Gasteiger partial charge in [-0.3, -0.25) is 4.79 Å². The van der Waals surface area contributed by atoms with E-state index in [1.54, 1.807) is 0 Å². The lowest BCUT2D eigenvalue weighted by molar-refractivity contribution is -0.142. The van der Waals surface area contributed by atoms with Crippen LogP contribution in [0.1, 0.15) is 38.2 Å². The van der Waals surface area contributed by atoms with E-state index in [0.717, 1.165) is 22.3 Å². The van der Waals surface area contributed by atoms with E-state index in [4.69, 9.17) is 4.74 Å². The zero-order chi connectivity index (χ0) is 18.6. The predicted octanol–water partition coefficient (Wildman–Crippen LogP) is 3.43. The van der Waals surface area contributed by atoms with Gasteiger partial charge in [-0.25, -0.2) is 4.79 Å². The Bertz CT molecular complexity index is 775. The molecule has 0 aliphatic heterocycles. The van der Waals surface area contributed by atoms with Gasteiger partial charge in [0.1, 0.15) is 6.04 Å². The monoisotopic (exact) mass is 339 g/mol. The summed E-state index contributed by atoms with van der Waals surface area (Å²) in [5.74, 6) is -0.720. The molecule has 0 fully saturated rings. The number of benzene rings is 2. The highest BCUT2D eigenvalue weighted by Gasteiger charge is 2.23. The van der Waals surface area contributed by atoms with Crippen molar-refractivity contribution in [3.8, 4) is 0 Å². The van der Waals surface area contributed by atoms with Crippen molar-refractivity contribution < 1.29 is 14.3 Å². The van der Waals surface area contributed by atoms with Crippen LogP contribution in [0.25, 0.3) is 0 Å². The van der Waals surface area contributed by atoms with E-state index in [-0.39, 0.29) is 5.91 Å². The maximum atomic E-state index is 12.6. The average Bonchev–Trinajstić information content (AvgIpc) is 2.55. The molecule has 25 heavy (non-hydrogen) atoms. The second-order valence-electron chi connectivity index (χ2n) is 6.55. The molecule has 0 bridgehead atoms. The molecule has 0 radical (unpaired) electrons. The van der Waals surface area contributed by atoms with Gasteiger partial charge in [-0.15, -0.1) is 0 Å². The standard InChI is InChI=1S/C21H25NO3/c1-13-8-14(2)10-18(9-13)20(23)22-19(21(24)25-5)12-17-7-6-15(3)16(4)11-17/h6-11,19H,12H2,1-5H3,(H,22,23)/t19-/m1/s1. The van der Waals surface area contributed by atoms with Gasteiger partial charge in [-0.1, -0.05) is 35.4 Å². The number of aryl methyl sites for hydroxylation is 4. The van der Waals surface area contributed by atoms with E-state index < -0.39 is 12.0 Å². The number of esters is 1. The number of hydrogen-bond acceptors (Lipinski definition) is 3. The molecule has 0 aromatic heterocycles. The molecule has 0 aliphatic rings. The van der Waals surface area contributed by atoms with E-state index in [0.29, 0.717) is 12.0 Å². The normalized spacial score (nSPS) is 11.7. The molecular formula is C21H25NO3. The molecule has 4 heteroatoms. The summed E-state index contributed by atoms with van der Waals surface area (Å²) in [6.07, 6.45) is 0.393. The highest BCUT2D eigenvalue weighted by atomic mass is 16.5. The van der Waals surface area contributed by atoms with Crippen molar-refractivity contribution in [2.45, 2.75) is 40.2 Å². The number of rotatable bonds is 5. The van der Waals surface area contributed by atoms with Gasteiger partial charge in [0.2, 0.25) is 0 Å². The van der Waals surface area contributed by atoms with Gasteiger partial charge in [-0.2, -0.15) is 0 Å². The van der Waals surface area contributed by atoms with Crippen molar-refractivity contribution in [3.63, 3.8) is 0 Å². The molecule has 132 valence electrons. The average molecular weight is 339 g/mol. The van der Waals surface area contributed by atoms with Gasteiger partial charge < -0.3 is 10.1 Å². The fourth-order valence-corrected chi connectivity index (χ4v) is 2.85. The highest BCUT2D eigenvalue weighted by molar-refractivity contribution is 5.97. The molecule has 0 spiro atoms. The van der Waals surface area contributed by atoms with Crippen LogP contribution in [-0.4, -0.2) is 25.0 Å². The molecule has 1 amide bonds. The zero-order valence-electron chi connectivity index (χ0n) is 15.5. The maximum absolute atomic E-state index is 12.6. The largest absolute Gasteiger partial charge is 0.467 e. The van der Waals surface area contributed by atoms with Crippen LogP contribution in [-0.2, 0) is 16.0 Å². The fourth-order valence-electron chi connectivity index (χ4n) is 2.85. The number of carbonyl (C=O) groups is 2. The topological polar surface area (TPSA) is 55.4 Å². The molecule has 0 unspecified atom stereocenters. The number of nitrogens with one attached hydrogen (secondary N) is 1. The maximum Gasteiger partial charge on any atom is 0.328 e. The van der Waals surface area contributed by atoms with Crippen molar-refractivity contribution in [2.24, 2.45) is 0 Å². The number of ether oxygens (including phenoxy) is 1. The first-order valence-electron chi connectivity index (χ1n) is 8.33. The van der Waals surface area contributed by atoms with Crippen LogP contribution in [0, 0.1) is 27.7 Å². The third-order valence-electron chi connectivity index (χ3n) is 4.29. The second kappa shape index (κ2) is 7.97. The molecule has 1 N–H and O–H groups in total. The van der Waals surface area contributed by atoms with E-state index in [9.17, 15) is 9.59 Å². The summed E-state index contributed by atoms with van der Waals surface area (Å²) in [7, 11) is 1.33. The Balaban J connectivity index is 2.21. The summed E-state index contributed by atoms with van der Waals surface area (Å²) in [6.45, 7) is 7.95. The Morgan fingerprint density at radius 2 is 1.60 bits per heavy atom. The zero-order valence-corrected chi connectivity index (χ0v) is 15.5. The first kappa shape index (κ1) is 18.7. The summed E-state index contributed by atoms with van der Waals surface area (Å²) >= 11 is 0. The quantitative estimate of drug-likeness (QED) is 0.849. The van der Waals surface area contributed by atoms with Crippen molar-refractivity contribution in [1.29, 1.82) is 0 Å². The summed E-state index contributed by atoms with van der Waals surface area (Å²) in [5.41, 5.74) is 5.90. The van der Waals surface area contributed by atoms with Crippen LogP contribution >= 0.6 is 0 Å². The van der Waals surface area contributed by atoms with Crippen LogP contribution in [0.15, 0.2) is 36.4 Å². The number of methoxy groups -OCH3 is 1. The third-order valence-corrected chi connectivity index (χ3v) is 4.29. The van der Waals surface area contributed by atoms with Crippen LogP contribution < -0.4 is 5.32 Å². The summed E-state index contributed by atoms with van der Waals surface area (Å²) < 4.78 is 4.87. The highest BCUT2D eigenvalue weighted by Crippen LogP contribution is 2.13. The van der Waals surface area contributed by atoms with Crippen LogP contribution in [0.5, 0.6) is 0 Å². The van der Waals surface area contributed by atoms with Gasteiger partial charge in [0.15, 0.2) is 0 Å². The third kappa shape index (κ3) is 4.92. The molecule has 0 saturated carbocycles. The van der Waals surface area contributed by atoms with E-state index in [2.05, 4.69) is 5.32 Å². The van der Waals surface area contributed by atoms with Crippen molar-refractivity contribution in [3.05, 3.63) is 69.8 Å². The molecule has 2 rings (SSSR count). The molecule has 0 heterocycles. The summed E-state index contributed by atoms with van der Waals surface area (Å²) in [4.78, 5) is 24.7. The summed E-state index contributed by atoms with van der Waals surface area (Å²) in [5, 5.41) is 2.81. The minimum atomic E-state index is -0.722. The molecular weight excluding hydrogens is 314 g/mol. The van der Waals surface area contributed by atoms with Gasteiger partial charge in [0.25, 0.3) is 5.91 Å². The number of amides is 1. The fraction of sp³-hybridized carbons (Fsp3) is 0.333. The van der Waals surface area contributed by atoms with E-state index in [1.165, 1.54) is 12.7 Å². The van der Waals surface area contributed by atoms with Gasteiger partial charge in [0, 0.05) is 12.0 Å². The van der Waals surface area contributed by atoms with E-state index in [1.807, 2.05) is 64.1 Å². The van der Waals surface area contributed by atoms with Crippen LogP contribution in [0.3, 0.4) is 0 Å². The van der Waals surface area contributed by atoms with Gasteiger partial charge >= 0.3 is 5.97 Å². The molecule has 4 nitrogen and oxygen atoms in total. The lowest BCUT2D eigenvalue weighted by atomic mass is 10.0. The lowest BCUT2D eigenvalue weighted by Crippen LogP contribution is -2.43. The Morgan fingerprint density at radius 1 is 0.960 bits per heavy atom. The van der Waals surface area contributed by atoms with Crippen molar-refractivity contribution in [1.82, 2.24) is 5.32 Å². The predicted molar refractivity (Wildman–Crippen MR) is 98.8 cm³/mol. The van der Waals surface area contributed by atoms with Crippen LogP contribution in [0.2, 0.25) is 0 Å². The van der Waals surface area contributed by atoms with Crippen molar-refractivity contribution >= 4 is 11.9 Å². The first-order valence-corrected chi connectivity index (χ1v) is 8.33. The Labute approximate surface area is 149 Å². The minimum Gasteiger partial charge on any atom is -0.467 e. The number of carbonyl (C=O) groups excluding carboxylic acids is 2. The Hall–Kier alpha value is -2.62. The smallest absolute Gasteiger partial charge is 0.328 e. The first-order chi connectivity index (χ1) is 11.8. The van der Waals surface area contributed by atoms with Crippen molar-refractivity contribution in [2.75, 3.05) is 7.11 Å². The molecule has 2 aromatic carbocycles. The summed E-state index contributed by atoms with van der Waals surface area (Å²) in [6, 6.07) is 10.9. The van der Waals surface area contributed by atoms with Gasteiger partial charge in [0.05, 0.1) is 7.11 Å². The second-order valence-corrected chi connectivity index (χ2v) is 6.55. The SMILES string of the molecule is COC(=O)[C@@H](Cc1ccc(C)c(C)c1)NC(=O)c1cc(C)cc(C)c1. The molecule has 2 aromatic rings. The Morgan fingerprint density at radius 3 is 2.16 bits per heavy atom. The Kier molecular flexibility index (Phi) is 5.97. The molecule has 0 aliphatic carbocycles. The van der Waals surface area contributed by atoms with Crippen LogP contribution in [0.4, 0.5) is 0 Å². The molecule has 0 saturated heterocycles. The molecule has 1 atom stereocenters. The van der Waals surface area contributed by atoms with Gasteiger partial charge in [-0.05, 0) is 56.5 Å². The lowest BCUT2D eigenvalue weighted by Gasteiger charge is -2.17.